The van der Waals surface area contributed by atoms with Crippen molar-refractivity contribution in [3.8, 4) is 5.75 Å². The molecular formula is C20H28Cl2N2O3. The van der Waals surface area contributed by atoms with E-state index in [0.717, 1.165) is 31.4 Å². The van der Waals surface area contributed by atoms with Gasteiger partial charge in [0.2, 0.25) is 0 Å². The lowest BCUT2D eigenvalue weighted by Crippen LogP contribution is -2.48. The second kappa shape index (κ2) is 8.06. The molecule has 0 spiro atoms. The minimum atomic E-state index is -0.534. The summed E-state index contributed by atoms with van der Waals surface area (Å²) in [7, 11) is 1.62. The van der Waals surface area contributed by atoms with Crippen LogP contribution >= 0.6 is 23.2 Å². The molecule has 1 N–H and O–H groups in total. The number of halogens is 2. The number of likely N-dealkylation sites (tertiary alicyclic amines) is 1. The Hall–Kier alpha value is -1.17. The summed E-state index contributed by atoms with van der Waals surface area (Å²) in [5, 5.41) is 4.54. The highest BCUT2D eigenvalue weighted by Gasteiger charge is 2.44. The zero-order valence-corrected chi connectivity index (χ0v) is 17.9. The molecule has 150 valence electrons. The summed E-state index contributed by atoms with van der Waals surface area (Å²) in [6.07, 6.45) is 2.69. The normalized spacial score (nSPS) is 25.7. The smallest absolute Gasteiger partial charge is 0.410 e. The van der Waals surface area contributed by atoms with Crippen molar-refractivity contribution >= 4 is 29.3 Å². The van der Waals surface area contributed by atoms with Gasteiger partial charge in [0.15, 0.2) is 0 Å². The molecule has 0 aliphatic carbocycles. The molecule has 0 saturated carbocycles. The van der Waals surface area contributed by atoms with Gasteiger partial charge in [-0.3, -0.25) is 0 Å². The summed E-state index contributed by atoms with van der Waals surface area (Å²) < 4.78 is 11.2. The molecule has 3 rings (SSSR count). The van der Waals surface area contributed by atoms with Gasteiger partial charge in [-0.1, -0.05) is 23.2 Å². The maximum absolute atomic E-state index is 12.9. The minimum Gasteiger partial charge on any atom is -0.496 e. The van der Waals surface area contributed by atoms with Gasteiger partial charge in [-0.05, 0) is 58.7 Å². The molecule has 2 aliphatic heterocycles. The van der Waals surface area contributed by atoms with E-state index in [9.17, 15) is 4.79 Å². The van der Waals surface area contributed by atoms with Crippen LogP contribution in [0.5, 0.6) is 5.75 Å². The van der Waals surface area contributed by atoms with E-state index in [4.69, 9.17) is 32.7 Å². The summed E-state index contributed by atoms with van der Waals surface area (Å²) in [5.41, 5.74) is 0.342. The second-order valence-corrected chi connectivity index (χ2v) is 9.10. The van der Waals surface area contributed by atoms with Gasteiger partial charge < -0.3 is 19.7 Å². The Labute approximate surface area is 171 Å². The van der Waals surface area contributed by atoms with Crippen LogP contribution in [0.3, 0.4) is 0 Å². The Balaban J connectivity index is 1.91. The molecule has 2 saturated heterocycles. The number of methoxy groups -OCH3 is 1. The molecule has 2 aliphatic rings. The molecule has 5 nitrogen and oxygen atoms in total. The topological polar surface area (TPSA) is 50.8 Å². The zero-order valence-electron chi connectivity index (χ0n) is 16.4. The van der Waals surface area contributed by atoms with Crippen molar-refractivity contribution in [1.82, 2.24) is 10.2 Å². The highest BCUT2D eigenvalue weighted by atomic mass is 35.5. The fourth-order valence-electron chi connectivity index (χ4n) is 4.13. The zero-order chi connectivity index (χ0) is 19.8. The van der Waals surface area contributed by atoms with Gasteiger partial charge in [0.05, 0.1) is 23.2 Å². The monoisotopic (exact) mass is 414 g/mol. The number of carbonyl (C=O) groups excluding carboxylic acids is 1. The predicted molar refractivity (Wildman–Crippen MR) is 108 cm³/mol. The molecule has 2 heterocycles. The second-order valence-electron chi connectivity index (χ2n) is 8.31. The van der Waals surface area contributed by atoms with Crippen LogP contribution in [-0.2, 0) is 4.74 Å². The first kappa shape index (κ1) is 20.6. The first-order valence-corrected chi connectivity index (χ1v) is 10.2. The minimum absolute atomic E-state index is 0.0473. The Morgan fingerprint density at radius 1 is 1.30 bits per heavy atom. The van der Waals surface area contributed by atoms with Crippen LogP contribution in [-0.4, -0.2) is 48.9 Å². The molecule has 7 heteroatoms. The quantitative estimate of drug-likeness (QED) is 0.767. The van der Waals surface area contributed by atoms with Crippen molar-refractivity contribution in [1.29, 1.82) is 0 Å². The van der Waals surface area contributed by atoms with Crippen LogP contribution in [0.25, 0.3) is 0 Å². The molecule has 1 aromatic rings. The van der Waals surface area contributed by atoms with Gasteiger partial charge in [0.25, 0.3) is 0 Å². The lowest BCUT2D eigenvalue weighted by molar-refractivity contribution is 0.0199. The van der Waals surface area contributed by atoms with Crippen LogP contribution < -0.4 is 10.1 Å². The highest BCUT2D eigenvalue weighted by Crippen LogP contribution is 2.44. The number of nitrogens with zero attached hydrogens (tertiary/aromatic N) is 1. The van der Waals surface area contributed by atoms with Gasteiger partial charge in [0.1, 0.15) is 11.4 Å². The summed E-state index contributed by atoms with van der Waals surface area (Å²) in [6.45, 7) is 7.18. The molecule has 0 bridgehead atoms. The summed E-state index contributed by atoms with van der Waals surface area (Å²) in [4.78, 5) is 14.8. The lowest BCUT2D eigenvalue weighted by Gasteiger charge is -2.31. The number of carbonyl (C=O) groups is 1. The number of benzene rings is 1. The van der Waals surface area contributed by atoms with E-state index < -0.39 is 5.60 Å². The first-order valence-electron chi connectivity index (χ1n) is 9.46. The predicted octanol–water partition coefficient (Wildman–Crippen LogP) is 4.85. The molecule has 3 atom stereocenters. The van der Waals surface area contributed by atoms with Crippen molar-refractivity contribution in [3.63, 3.8) is 0 Å². The largest absolute Gasteiger partial charge is 0.496 e. The highest BCUT2D eigenvalue weighted by molar-refractivity contribution is 6.42. The Kier molecular flexibility index (Phi) is 6.14. The van der Waals surface area contributed by atoms with Gasteiger partial charge in [-0.15, -0.1) is 0 Å². The number of hydrogen-bond acceptors (Lipinski definition) is 4. The molecule has 2 fully saturated rings. The van der Waals surface area contributed by atoms with E-state index in [0.29, 0.717) is 22.3 Å². The third kappa shape index (κ3) is 4.47. The first-order chi connectivity index (χ1) is 12.7. The fraction of sp³-hybridized carbons (Fsp3) is 0.650. The van der Waals surface area contributed by atoms with Crippen LogP contribution in [0.15, 0.2) is 12.1 Å². The fourth-order valence-corrected chi connectivity index (χ4v) is 4.61. The van der Waals surface area contributed by atoms with E-state index >= 15 is 0 Å². The van der Waals surface area contributed by atoms with E-state index in [1.54, 1.807) is 13.2 Å². The molecule has 27 heavy (non-hydrogen) atoms. The van der Waals surface area contributed by atoms with Crippen LogP contribution in [0.4, 0.5) is 4.79 Å². The molecule has 1 aromatic carbocycles. The SMILES string of the molecule is COc1ccc(Cl)c(Cl)c1[C@H]1C[C@@H](C2CCCN2)N(C(=O)OC(C)(C)C)C1. The number of nitrogens with one attached hydrogen (secondary N) is 1. The number of hydrogen-bond donors (Lipinski definition) is 1. The standard InChI is InChI=1S/C20H28Cl2N2O3/c1-20(2,3)27-19(25)24-11-12(10-15(24)14-6-5-9-23-14)17-16(26-4)8-7-13(21)18(17)22/h7-8,12,14-15,23H,5-6,9-11H2,1-4H3/t12-,14?,15-/m0/s1. The average Bonchev–Trinajstić information content (AvgIpc) is 3.24. The van der Waals surface area contributed by atoms with Crippen molar-refractivity contribution in [2.24, 2.45) is 0 Å². The van der Waals surface area contributed by atoms with Crippen molar-refractivity contribution < 1.29 is 14.3 Å². The number of ether oxygens (including phenoxy) is 2. The Morgan fingerprint density at radius 2 is 2.04 bits per heavy atom. The van der Waals surface area contributed by atoms with Crippen molar-refractivity contribution in [2.45, 2.75) is 63.6 Å². The Bertz CT molecular complexity index is 699. The van der Waals surface area contributed by atoms with Gasteiger partial charge in [0, 0.05) is 24.1 Å². The van der Waals surface area contributed by atoms with Crippen molar-refractivity contribution in [2.75, 3.05) is 20.2 Å². The average molecular weight is 415 g/mol. The van der Waals surface area contributed by atoms with E-state index in [2.05, 4.69) is 5.32 Å². The van der Waals surface area contributed by atoms with Gasteiger partial charge >= 0.3 is 6.09 Å². The van der Waals surface area contributed by atoms with Crippen LogP contribution in [0.1, 0.15) is 51.5 Å². The van der Waals surface area contributed by atoms with E-state index in [1.807, 2.05) is 31.7 Å². The molecule has 0 radical (unpaired) electrons. The van der Waals surface area contributed by atoms with E-state index in [-0.39, 0.29) is 24.1 Å². The summed E-state index contributed by atoms with van der Waals surface area (Å²) in [5.74, 6) is 0.754. The van der Waals surface area contributed by atoms with Gasteiger partial charge in [-0.25, -0.2) is 4.79 Å². The number of rotatable bonds is 3. The maximum atomic E-state index is 12.9. The van der Waals surface area contributed by atoms with Gasteiger partial charge in [-0.2, -0.15) is 0 Å². The molecular weight excluding hydrogens is 387 g/mol. The van der Waals surface area contributed by atoms with E-state index in [1.165, 1.54) is 0 Å². The van der Waals surface area contributed by atoms with Crippen LogP contribution in [0, 0.1) is 0 Å². The van der Waals surface area contributed by atoms with Crippen LogP contribution in [0.2, 0.25) is 10.0 Å². The third-order valence-electron chi connectivity index (χ3n) is 5.26. The Morgan fingerprint density at radius 3 is 2.63 bits per heavy atom. The number of amides is 1. The lowest BCUT2D eigenvalue weighted by atomic mass is 9.92. The molecule has 0 aromatic heterocycles. The maximum Gasteiger partial charge on any atom is 0.410 e. The molecule has 1 amide bonds. The summed E-state index contributed by atoms with van der Waals surface area (Å²) >= 11 is 12.8. The summed E-state index contributed by atoms with van der Waals surface area (Å²) in [6, 6.07) is 3.91. The third-order valence-corrected chi connectivity index (χ3v) is 6.07. The van der Waals surface area contributed by atoms with Crippen molar-refractivity contribution in [3.05, 3.63) is 27.7 Å². The molecule has 1 unspecified atom stereocenters.